The zero-order valence-electron chi connectivity index (χ0n) is 10.5. The molecule has 0 atom stereocenters. The Hall–Kier alpha value is -1.14. The Balaban J connectivity index is 2.91. The van der Waals surface area contributed by atoms with Gasteiger partial charge < -0.3 is 10.0 Å². The number of carboxylic acid groups (broad SMARTS) is 1. The largest absolute Gasteiger partial charge is 0.478 e. The zero-order chi connectivity index (χ0) is 13.0. The molecule has 1 aromatic rings. The van der Waals surface area contributed by atoms with Crippen molar-refractivity contribution in [3.63, 3.8) is 0 Å². The molecule has 6 heteroatoms. The topological polar surface area (TPSA) is 66.3 Å². The van der Waals surface area contributed by atoms with Crippen molar-refractivity contribution in [1.29, 1.82) is 0 Å². The van der Waals surface area contributed by atoms with E-state index in [1.54, 1.807) is 13.8 Å². The molecule has 0 spiro atoms. The highest BCUT2D eigenvalue weighted by Gasteiger charge is 2.17. The molecule has 0 aromatic carbocycles. The van der Waals surface area contributed by atoms with E-state index in [1.165, 1.54) is 11.8 Å². The Labute approximate surface area is 105 Å². The van der Waals surface area contributed by atoms with Crippen LogP contribution in [-0.4, -0.2) is 52.6 Å². The van der Waals surface area contributed by atoms with Crippen LogP contribution in [0.2, 0.25) is 0 Å². The number of nitrogens with zero attached hydrogens (tertiary/aromatic N) is 3. The van der Waals surface area contributed by atoms with E-state index in [0.717, 1.165) is 12.3 Å². The Morgan fingerprint density at radius 3 is 2.53 bits per heavy atom. The van der Waals surface area contributed by atoms with Crippen molar-refractivity contribution in [2.75, 3.05) is 26.4 Å². The highest BCUT2D eigenvalue weighted by molar-refractivity contribution is 7.99. The quantitative estimate of drug-likeness (QED) is 0.803. The van der Waals surface area contributed by atoms with Gasteiger partial charge in [0.1, 0.15) is 5.03 Å². The molecule has 0 amide bonds. The monoisotopic (exact) mass is 255 g/mol. The maximum absolute atomic E-state index is 11.2. The lowest BCUT2D eigenvalue weighted by Crippen LogP contribution is -2.15. The van der Waals surface area contributed by atoms with Crippen LogP contribution in [0.4, 0.5) is 0 Å². The zero-order valence-corrected chi connectivity index (χ0v) is 11.3. The molecule has 0 saturated heterocycles. The van der Waals surface area contributed by atoms with Gasteiger partial charge in [0.2, 0.25) is 0 Å². The molecule has 5 nitrogen and oxygen atoms in total. The Morgan fingerprint density at radius 1 is 1.35 bits per heavy atom. The van der Waals surface area contributed by atoms with Crippen LogP contribution in [0.25, 0.3) is 0 Å². The van der Waals surface area contributed by atoms with E-state index in [0.29, 0.717) is 16.3 Å². The minimum atomic E-state index is -0.937. The molecule has 94 valence electrons. The van der Waals surface area contributed by atoms with Gasteiger partial charge in [-0.1, -0.05) is 0 Å². The summed E-state index contributed by atoms with van der Waals surface area (Å²) < 4.78 is 0. The van der Waals surface area contributed by atoms with Gasteiger partial charge in [-0.15, -0.1) is 16.9 Å². The van der Waals surface area contributed by atoms with Crippen LogP contribution in [0.3, 0.4) is 0 Å². The predicted molar refractivity (Wildman–Crippen MR) is 67.7 cm³/mol. The van der Waals surface area contributed by atoms with Crippen LogP contribution < -0.4 is 0 Å². The molecule has 1 N–H and O–H groups in total. The summed E-state index contributed by atoms with van der Waals surface area (Å²) in [6.07, 6.45) is 0. The van der Waals surface area contributed by atoms with Gasteiger partial charge in [0.15, 0.2) is 0 Å². The molecule has 1 rings (SSSR count). The van der Waals surface area contributed by atoms with Crippen LogP contribution in [0, 0.1) is 13.8 Å². The van der Waals surface area contributed by atoms with E-state index >= 15 is 0 Å². The molecule has 0 aliphatic carbocycles. The van der Waals surface area contributed by atoms with E-state index in [1.807, 2.05) is 19.0 Å². The van der Waals surface area contributed by atoms with Crippen molar-refractivity contribution in [3.05, 3.63) is 16.8 Å². The molecule has 0 radical (unpaired) electrons. The Bertz CT molecular complexity index is 421. The number of hydrogen-bond donors (Lipinski definition) is 1. The van der Waals surface area contributed by atoms with Gasteiger partial charge in [-0.2, -0.15) is 5.10 Å². The summed E-state index contributed by atoms with van der Waals surface area (Å²) >= 11 is 1.43. The number of aryl methyl sites for hydroxylation is 1. The first-order valence-electron chi connectivity index (χ1n) is 5.28. The van der Waals surface area contributed by atoms with E-state index in [2.05, 4.69) is 10.2 Å². The lowest BCUT2D eigenvalue weighted by atomic mass is 10.1. The molecule has 1 aromatic heterocycles. The summed E-state index contributed by atoms with van der Waals surface area (Å²) in [7, 11) is 3.95. The minimum Gasteiger partial charge on any atom is -0.478 e. The second-order valence-corrected chi connectivity index (χ2v) is 5.13. The van der Waals surface area contributed by atoms with Crippen LogP contribution in [0.5, 0.6) is 0 Å². The predicted octanol–water partition coefficient (Wildman–Crippen LogP) is 1.45. The maximum Gasteiger partial charge on any atom is 0.338 e. The molecule has 0 unspecified atom stereocenters. The second kappa shape index (κ2) is 5.97. The first kappa shape index (κ1) is 13.9. The molecule has 17 heavy (non-hydrogen) atoms. The number of carbonyl (C=O) groups is 1. The normalized spacial score (nSPS) is 10.9. The number of thioether (sulfide) groups is 1. The van der Waals surface area contributed by atoms with Crippen molar-refractivity contribution < 1.29 is 9.90 Å². The molecule has 0 aliphatic heterocycles. The first-order chi connectivity index (χ1) is 7.93. The third-order valence-corrected chi connectivity index (χ3v) is 3.36. The smallest absolute Gasteiger partial charge is 0.338 e. The van der Waals surface area contributed by atoms with Gasteiger partial charge in [-0.25, -0.2) is 4.79 Å². The average molecular weight is 255 g/mol. The first-order valence-corrected chi connectivity index (χ1v) is 6.26. The fourth-order valence-electron chi connectivity index (χ4n) is 1.26. The summed E-state index contributed by atoms with van der Waals surface area (Å²) in [5.41, 5.74) is 1.64. The number of rotatable bonds is 5. The number of aromatic carboxylic acids is 1. The van der Waals surface area contributed by atoms with Crippen molar-refractivity contribution in [2.45, 2.75) is 18.9 Å². The summed E-state index contributed by atoms with van der Waals surface area (Å²) in [5, 5.41) is 17.6. The molecular weight excluding hydrogens is 238 g/mol. The van der Waals surface area contributed by atoms with Gasteiger partial charge in [-0.3, -0.25) is 0 Å². The number of carboxylic acids is 1. The van der Waals surface area contributed by atoms with Crippen LogP contribution in [0.15, 0.2) is 5.03 Å². The lowest BCUT2D eigenvalue weighted by Gasteiger charge is -2.11. The summed E-state index contributed by atoms with van der Waals surface area (Å²) in [6, 6.07) is 0. The third-order valence-electron chi connectivity index (χ3n) is 2.41. The van der Waals surface area contributed by atoms with Crippen molar-refractivity contribution >= 4 is 17.7 Å². The molecule has 0 bridgehead atoms. The van der Waals surface area contributed by atoms with Crippen LogP contribution >= 0.6 is 11.8 Å². The molecular formula is C11H17N3O2S. The van der Waals surface area contributed by atoms with Crippen molar-refractivity contribution in [1.82, 2.24) is 15.1 Å². The fraction of sp³-hybridized carbons (Fsp3) is 0.545. The lowest BCUT2D eigenvalue weighted by molar-refractivity contribution is 0.0690. The average Bonchev–Trinajstić information content (AvgIpc) is 2.22. The minimum absolute atomic E-state index is 0.279. The number of hydrogen-bond acceptors (Lipinski definition) is 5. The highest BCUT2D eigenvalue weighted by atomic mass is 32.2. The van der Waals surface area contributed by atoms with Gasteiger partial charge in [-0.05, 0) is 33.5 Å². The summed E-state index contributed by atoms with van der Waals surface area (Å²) in [6.45, 7) is 4.41. The van der Waals surface area contributed by atoms with Gasteiger partial charge >= 0.3 is 5.97 Å². The summed E-state index contributed by atoms with van der Waals surface area (Å²) in [5.74, 6) is -0.141. The van der Waals surface area contributed by atoms with E-state index in [4.69, 9.17) is 0 Å². The molecule has 0 saturated carbocycles. The maximum atomic E-state index is 11.2. The molecule has 0 fully saturated rings. The molecule has 1 heterocycles. The fourth-order valence-corrected chi connectivity index (χ4v) is 2.40. The van der Waals surface area contributed by atoms with Gasteiger partial charge in [0, 0.05) is 12.3 Å². The second-order valence-electron chi connectivity index (χ2n) is 4.05. The summed E-state index contributed by atoms with van der Waals surface area (Å²) in [4.78, 5) is 13.2. The van der Waals surface area contributed by atoms with Crippen molar-refractivity contribution in [2.24, 2.45) is 0 Å². The third kappa shape index (κ3) is 3.67. The van der Waals surface area contributed by atoms with Crippen LogP contribution in [0.1, 0.15) is 21.6 Å². The SMILES string of the molecule is Cc1nnc(SCCN(C)C)c(C(=O)O)c1C. The standard InChI is InChI=1S/C11H17N3O2S/c1-7-8(2)12-13-10(9(7)11(15)16)17-6-5-14(3)4/h5-6H2,1-4H3,(H,15,16). The van der Waals surface area contributed by atoms with E-state index in [-0.39, 0.29) is 5.56 Å². The van der Waals surface area contributed by atoms with E-state index in [9.17, 15) is 9.90 Å². The van der Waals surface area contributed by atoms with E-state index < -0.39 is 5.97 Å². The Morgan fingerprint density at radius 2 is 2.00 bits per heavy atom. The van der Waals surface area contributed by atoms with Gasteiger partial charge in [0.25, 0.3) is 0 Å². The van der Waals surface area contributed by atoms with Gasteiger partial charge in [0.05, 0.1) is 11.3 Å². The van der Waals surface area contributed by atoms with Crippen molar-refractivity contribution in [3.8, 4) is 0 Å². The highest BCUT2D eigenvalue weighted by Crippen LogP contribution is 2.23. The Kier molecular flexibility index (Phi) is 4.89. The molecule has 0 aliphatic rings. The van der Waals surface area contributed by atoms with Crippen LogP contribution in [-0.2, 0) is 0 Å². The number of aromatic nitrogens is 2.